The normalized spacial score (nSPS) is 11.7. The number of hydrogen-bond acceptors (Lipinski definition) is 5. The quantitative estimate of drug-likeness (QED) is 0.846. The molecule has 0 spiro atoms. The molecule has 0 saturated heterocycles. The third-order valence-electron chi connectivity index (χ3n) is 3.39. The SMILES string of the molecule is Cc1noc(C)c1C[C@H](NC(=O)OCc1ccccc1)C(=O)O. The lowest BCUT2D eigenvalue weighted by Crippen LogP contribution is -2.42. The van der Waals surface area contributed by atoms with Gasteiger partial charge < -0.3 is 19.7 Å². The maximum absolute atomic E-state index is 11.8. The van der Waals surface area contributed by atoms with E-state index in [0.29, 0.717) is 17.0 Å². The molecule has 1 aromatic heterocycles. The summed E-state index contributed by atoms with van der Waals surface area (Å²) in [5.74, 6) is -0.616. The van der Waals surface area contributed by atoms with Crippen molar-refractivity contribution in [2.75, 3.05) is 0 Å². The van der Waals surface area contributed by atoms with Gasteiger partial charge in [0.15, 0.2) is 0 Å². The number of carboxylic acid groups (broad SMARTS) is 1. The number of hydrogen-bond donors (Lipinski definition) is 2. The van der Waals surface area contributed by atoms with Crippen molar-refractivity contribution in [3.05, 3.63) is 52.9 Å². The number of aliphatic carboxylic acids is 1. The van der Waals surface area contributed by atoms with Crippen LogP contribution in [0.3, 0.4) is 0 Å². The standard InChI is InChI=1S/C16H18N2O5/c1-10-13(11(2)23-18-10)8-14(15(19)20)17-16(21)22-9-12-6-4-3-5-7-12/h3-7,14H,8-9H2,1-2H3,(H,17,21)(H,19,20)/t14-/m0/s1. The largest absolute Gasteiger partial charge is 0.480 e. The molecule has 2 aromatic rings. The molecule has 1 heterocycles. The van der Waals surface area contributed by atoms with Gasteiger partial charge in [-0.2, -0.15) is 0 Å². The number of aromatic nitrogens is 1. The lowest BCUT2D eigenvalue weighted by molar-refractivity contribution is -0.139. The fourth-order valence-corrected chi connectivity index (χ4v) is 2.10. The van der Waals surface area contributed by atoms with Gasteiger partial charge in [-0.15, -0.1) is 0 Å². The lowest BCUT2D eigenvalue weighted by Gasteiger charge is -2.14. The van der Waals surface area contributed by atoms with Crippen LogP contribution in [0.5, 0.6) is 0 Å². The van der Waals surface area contributed by atoms with E-state index in [1.165, 1.54) is 0 Å². The van der Waals surface area contributed by atoms with E-state index in [1.54, 1.807) is 13.8 Å². The molecule has 1 atom stereocenters. The Labute approximate surface area is 133 Å². The summed E-state index contributed by atoms with van der Waals surface area (Å²) in [5, 5.41) is 15.4. The van der Waals surface area contributed by atoms with Gasteiger partial charge in [-0.05, 0) is 19.4 Å². The van der Waals surface area contributed by atoms with E-state index >= 15 is 0 Å². The van der Waals surface area contributed by atoms with Gasteiger partial charge in [0.05, 0.1) is 5.69 Å². The highest BCUT2D eigenvalue weighted by Gasteiger charge is 2.24. The van der Waals surface area contributed by atoms with E-state index in [0.717, 1.165) is 5.56 Å². The zero-order valence-corrected chi connectivity index (χ0v) is 12.9. The fourth-order valence-electron chi connectivity index (χ4n) is 2.10. The molecule has 1 aromatic carbocycles. The Kier molecular flexibility index (Phi) is 5.35. The minimum atomic E-state index is -1.15. The summed E-state index contributed by atoms with van der Waals surface area (Å²) in [6, 6.07) is 8.02. The molecule has 0 aliphatic heterocycles. The van der Waals surface area contributed by atoms with Crippen molar-refractivity contribution in [3.8, 4) is 0 Å². The van der Waals surface area contributed by atoms with Crippen molar-refractivity contribution < 1.29 is 24.0 Å². The number of rotatable bonds is 6. The van der Waals surface area contributed by atoms with Crippen molar-refractivity contribution in [1.82, 2.24) is 10.5 Å². The van der Waals surface area contributed by atoms with E-state index in [2.05, 4.69) is 10.5 Å². The van der Waals surface area contributed by atoms with Gasteiger partial charge in [0.1, 0.15) is 18.4 Å². The Morgan fingerprint density at radius 3 is 2.57 bits per heavy atom. The van der Waals surface area contributed by atoms with Gasteiger partial charge in [-0.3, -0.25) is 0 Å². The zero-order chi connectivity index (χ0) is 16.8. The second-order valence-corrected chi connectivity index (χ2v) is 5.10. The number of carboxylic acids is 1. The predicted molar refractivity (Wildman–Crippen MR) is 80.9 cm³/mol. The molecule has 0 bridgehead atoms. The number of aryl methyl sites for hydroxylation is 2. The first-order valence-electron chi connectivity index (χ1n) is 7.09. The Bertz CT molecular complexity index is 662. The first kappa shape index (κ1) is 16.5. The molecule has 0 fully saturated rings. The van der Waals surface area contributed by atoms with Gasteiger partial charge in [0.25, 0.3) is 0 Å². The lowest BCUT2D eigenvalue weighted by atomic mass is 10.0. The molecule has 7 nitrogen and oxygen atoms in total. The maximum Gasteiger partial charge on any atom is 0.408 e. The second kappa shape index (κ2) is 7.44. The minimum Gasteiger partial charge on any atom is -0.480 e. The number of alkyl carbamates (subject to hydrolysis) is 1. The average Bonchev–Trinajstić information content (AvgIpc) is 2.85. The summed E-state index contributed by atoms with van der Waals surface area (Å²) in [7, 11) is 0. The molecule has 7 heteroatoms. The minimum absolute atomic E-state index is 0.0737. The number of nitrogens with one attached hydrogen (secondary N) is 1. The molecule has 122 valence electrons. The van der Waals surface area contributed by atoms with Crippen molar-refractivity contribution in [2.24, 2.45) is 0 Å². The van der Waals surface area contributed by atoms with Gasteiger partial charge in [0, 0.05) is 12.0 Å². The first-order valence-corrected chi connectivity index (χ1v) is 7.09. The predicted octanol–water partition coefficient (Wildman–Crippen LogP) is 2.21. The van der Waals surface area contributed by atoms with Crippen molar-refractivity contribution in [3.63, 3.8) is 0 Å². The number of ether oxygens (including phenoxy) is 1. The monoisotopic (exact) mass is 318 g/mol. The Morgan fingerprint density at radius 2 is 2.00 bits per heavy atom. The number of benzene rings is 1. The molecule has 0 radical (unpaired) electrons. The van der Waals surface area contributed by atoms with E-state index < -0.39 is 18.1 Å². The van der Waals surface area contributed by atoms with E-state index in [9.17, 15) is 14.7 Å². The third kappa shape index (κ3) is 4.57. The highest BCUT2D eigenvalue weighted by atomic mass is 16.5. The van der Waals surface area contributed by atoms with Gasteiger partial charge in [0.2, 0.25) is 0 Å². The molecular weight excluding hydrogens is 300 g/mol. The van der Waals surface area contributed by atoms with E-state index in [1.807, 2.05) is 30.3 Å². The third-order valence-corrected chi connectivity index (χ3v) is 3.39. The summed E-state index contributed by atoms with van der Waals surface area (Å²) >= 11 is 0. The number of nitrogens with zero attached hydrogens (tertiary/aromatic N) is 1. The molecule has 1 amide bonds. The van der Waals surface area contributed by atoms with Crippen LogP contribution in [-0.2, 0) is 22.6 Å². The van der Waals surface area contributed by atoms with Gasteiger partial charge >= 0.3 is 12.1 Å². The Hall–Kier alpha value is -2.83. The van der Waals surface area contributed by atoms with Crippen LogP contribution < -0.4 is 5.32 Å². The highest BCUT2D eigenvalue weighted by Crippen LogP contribution is 2.14. The molecular formula is C16H18N2O5. The zero-order valence-electron chi connectivity index (χ0n) is 12.9. The Balaban J connectivity index is 1.94. The molecule has 23 heavy (non-hydrogen) atoms. The number of amides is 1. The molecule has 0 aliphatic rings. The molecule has 0 unspecified atom stereocenters. The molecule has 2 N–H and O–H groups in total. The first-order chi connectivity index (χ1) is 11.0. The summed E-state index contributed by atoms with van der Waals surface area (Å²) < 4.78 is 10.0. The number of carbonyl (C=O) groups excluding carboxylic acids is 1. The second-order valence-electron chi connectivity index (χ2n) is 5.10. The number of carbonyl (C=O) groups is 2. The Morgan fingerprint density at radius 1 is 1.30 bits per heavy atom. The van der Waals surface area contributed by atoms with Crippen LogP contribution in [0.4, 0.5) is 4.79 Å². The van der Waals surface area contributed by atoms with Crippen LogP contribution in [0.15, 0.2) is 34.9 Å². The smallest absolute Gasteiger partial charge is 0.408 e. The summed E-state index contributed by atoms with van der Waals surface area (Å²) in [5.41, 5.74) is 2.09. The van der Waals surface area contributed by atoms with Crippen LogP contribution in [0.25, 0.3) is 0 Å². The van der Waals surface area contributed by atoms with Crippen molar-refractivity contribution in [1.29, 1.82) is 0 Å². The maximum atomic E-state index is 11.8. The van der Waals surface area contributed by atoms with Crippen LogP contribution in [-0.4, -0.2) is 28.4 Å². The van der Waals surface area contributed by atoms with E-state index in [4.69, 9.17) is 9.26 Å². The van der Waals surface area contributed by atoms with Gasteiger partial charge in [-0.25, -0.2) is 9.59 Å². The highest BCUT2D eigenvalue weighted by molar-refractivity contribution is 5.80. The topological polar surface area (TPSA) is 102 Å². The molecule has 2 rings (SSSR count). The molecule has 0 saturated carbocycles. The van der Waals surface area contributed by atoms with Crippen molar-refractivity contribution >= 4 is 12.1 Å². The van der Waals surface area contributed by atoms with E-state index in [-0.39, 0.29) is 13.0 Å². The fraction of sp³-hybridized carbons (Fsp3) is 0.312. The summed E-state index contributed by atoms with van der Waals surface area (Å²) in [4.78, 5) is 23.1. The average molecular weight is 318 g/mol. The van der Waals surface area contributed by atoms with Crippen molar-refractivity contribution in [2.45, 2.75) is 32.9 Å². The summed E-state index contributed by atoms with van der Waals surface area (Å²) in [6.07, 6.45) is -0.704. The van der Waals surface area contributed by atoms with Crippen LogP contribution in [0.1, 0.15) is 22.6 Å². The van der Waals surface area contributed by atoms with Gasteiger partial charge in [-0.1, -0.05) is 35.5 Å². The van der Waals surface area contributed by atoms with Crippen LogP contribution in [0, 0.1) is 13.8 Å². The molecule has 0 aliphatic carbocycles. The van der Waals surface area contributed by atoms with Crippen LogP contribution in [0.2, 0.25) is 0 Å². The van der Waals surface area contributed by atoms with Crippen LogP contribution >= 0.6 is 0 Å². The summed E-state index contributed by atoms with van der Waals surface area (Å²) in [6.45, 7) is 3.49.